The van der Waals surface area contributed by atoms with Crippen LogP contribution in [0.4, 0.5) is 0 Å². The summed E-state index contributed by atoms with van der Waals surface area (Å²) >= 11 is 2.36. The number of esters is 1. The van der Waals surface area contributed by atoms with Crippen LogP contribution in [0.3, 0.4) is 0 Å². The maximum atomic E-state index is 13.1. The molecule has 2 aliphatic rings. The number of ether oxygens (including phenoxy) is 1. The summed E-state index contributed by atoms with van der Waals surface area (Å²) in [4.78, 5) is 25.1. The third kappa shape index (κ3) is 3.91. The van der Waals surface area contributed by atoms with Crippen molar-refractivity contribution >= 4 is 34.3 Å². The van der Waals surface area contributed by atoms with Crippen LogP contribution in [0.2, 0.25) is 0 Å². The van der Waals surface area contributed by atoms with E-state index >= 15 is 0 Å². The van der Waals surface area contributed by atoms with E-state index in [9.17, 15) is 9.59 Å². The van der Waals surface area contributed by atoms with Gasteiger partial charge in [0.2, 0.25) is 0 Å². The van der Waals surface area contributed by atoms with E-state index in [1.54, 1.807) is 0 Å². The molecule has 3 nitrogen and oxygen atoms in total. The standard InChI is InChI=1S/C23H27IO3/c1-13-9-10-16(14(2)23(26)27-4)11-18-15(3)22(25)19(21(13)18)12-17-7-5-6-8-20(17)24/h5-8,13,16,19,21H,2,9-12H2,1,3-4H3/t13-,16+,19?,21-/m0/s1. The summed E-state index contributed by atoms with van der Waals surface area (Å²) in [7, 11) is 1.40. The molecule has 0 amide bonds. The SMILES string of the molecule is C=C(C(=O)OC)[C@@H]1CC[C@H](C)[C@H]2C(=C(C)C(=O)C2Cc2ccccc2I)C1. The van der Waals surface area contributed by atoms with Crippen LogP contribution >= 0.6 is 22.6 Å². The topological polar surface area (TPSA) is 43.4 Å². The third-order valence-corrected chi connectivity index (χ3v) is 7.46. The second kappa shape index (κ2) is 8.29. The molecule has 1 aromatic rings. The number of Topliss-reactive ketones (excluding diaryl/α,β-unsaturated/α-hetero) is 1. The van der Waals surface area contributed by atoms with Crippen molar-refractivity contribution < 1.29 is 14.3 Å². The van der Waals surface area contributed by atoms with Crippen LogP contribution in [0.1, 0.15) is 38.7 Å². The fourth-order valence-corrected chi connectivity index (χ4v) is 5.46. The quantitative estimate of drug-likeness (QED) is 0.343. The highest BCUT2D eigenvalue weighted by Gasteiger charge is 2.45. The van der Waals surface area contributed by atoms with Gasteiger partial charge in [-0.25, -0.2) is 4.79 Å². The van der Waals surface area contributed by atoms with Crippen molar-refractivity contribution in [1.82, 2.24) is 0 Å². The number of fused-ring (bicyclic) bond motifs is 1. The van der Waals surface area contributed by atoms with Gasteiger partial charge in [0.25, 0.3) is 0 Å². The zero-order valence-electron chi connectivity index (χ0n) is 16.3. The summed E-state index contributed by atoms with van der Waals surface area (Å²) in [6, 6.07) is 8.31. The number of carbonyl (C=O) groups is 2. The summed E-state index contributed by atoms with van der Waals surface area (Å²) in [5.74, 6) is 0.719. The van der Waals surface area contributed by atoms with Gasteiger partial charge in [-0.3, -0.25) is 4.79 Å². The molecular formula is C23H27IO3. The van der Waals surface area contributed by atoms with Gasteiger partial charge in [-0.15, -0.1) is 0 Å². The molecule has 3 rings (SSSR count). The van der Waals surface area contributed by atoms with Crippen LogP contribution in [-0.2, 0) is 20.7 Å². The molecule has 1 unspecified atom stereocenters. The number of halogens is 1. The Kier molecular flexibility index (Phi) is 6.24. The van der Waals surface area contributed by atoms with Gasteiger partial charge in [0.05, 0.1) is 7.11 Å². The first-order valence-electron chi connectivity index (χ1n) is 9.59. The molecule has 0 aliphatic heterocycles. The molecule has 1 aromatic carbocycles. The number of hydrogen-bond acceptors (Lipinski definition) is 3. The van der Waals surface area contributed by atoms with Gasteiger partial charge < -0.3 is 4.74 Å². The minimum atomic E-state index is -0.330. The highest BCUT2D eigenvalue weighted by molar-refractivity contribution is 14.1. The Balaban J connectivity index is 1.89. The minimum Gasteiger partial charge on any atom is -0.466 e. The van der Waals surface area contributed by atoms with Crippen LogP contribution in [0, 0.1) is 27.2 Å². The van der Waals surface area contributed by atoms with Crippen molar-refractivity contribution in [3.8, 4) is 0 Å². The Labute approximate surface area is 175 Å². The number of benzene rings is 1. The molecule has 0 bridgehead atoms. The minimum absolute atomic E-state index is 0.0102. The van der Waals surface area contributed by atoms with Crippen molar-refractivity contribution in [1.29, 1.82) is 0 Å². The molecule has 0 spiro atoms. The van der Waals surface area contributed by atoms with E-state index in [-0.39, 0.29) is 29.5 Å². The van der Waals surface area contributed by atoms with E-state index < -0.39 is 0 Å². The Morgan fingerprint density at radius 1 is 1.30 bits per heavy atom. The lowest BCUT2D eigenvalue weighted by Gasteiger charge is -2.26. The maximum Gasteiger partial charge on any atom is 0.333 e. The van der Waals surface area contributed by atoms with Crippen molar-refractivity contribution in [2.24, 2.45) is 23.7 Å². The lowest BCUT2D eigenvalue weighted by atomic mass is 9.77. The second-order valence-electron chi connectivity index (χ2n) is 7.91. The molecule has 144 valence electrons. The predicted octanol–water partition coefficient (Wildman–Crippen LogP) is 5.13. The third-order valence-electron chi connectivity index (χ3n) is 6.41. The highest BCUT2D eigenvalue weighted by atomic mass is 127. The van der Waals surface area contributed by atoms with Gasteiger partial charge in [-0.2, -0.15) is 0 Å². The first kappa shape index (κ1) is 20.3. The molecular weight excluding hydrogens is 451 g/mol. The van der Waals surface area contributed by atoms with Crippen molar-refractivity contribution in [2.75, 3.05) is 7.11 Å². The van der Waals surface area contributed by atoms with Gasteiger partial charge in [0.1, 0.15) is 0 Å². The molecule has 0 aromatic heterocycles. The molecule has 4 atom stereocenters. The Morgan fingerprint density at radius 3 is 2.67 bits per heavy atom. The molecule has 0 heterocycles. The summed E-state index contributed by atoms with van der Waals surface area (Å²) in [6.07, 6.45) is 3.46. The van der Waals surface area contributed by atoms with Crippen molar-refractivity contribution in [3.63, 3.8) is 0 Å². The smallest absolute Gasteiger partial charge is 0.333 e. The average molecular weight is 478 g/mol. The van der Waals surface area contributed by atoms with Gasteiger partial charge in [0.15, 0.2) is 5.78 Å². The molecule has 4 heteroatoms. The summed E-state index contributed by atoms with van der Waals surface area (Å²) in [5.41, 5.74) is 3.94. The van der Waals surface area contributed by atoms with Crippen LogP contribution in [0.25, 0.3) is 0 Å². The van der Waals surface area contributed by atoms with Crippen LogP contribution in [-0.4, -0.2) is 18.9 Å². The molecule has 0 saturated heterocycles. The lowest BCUT2D eigenvalue weighted by molar-refractivity contribution is -0.136. The Hall–Kier alpha value is -1.43. The van der Waals surface area contributed by atoms with E-state index in [0.29, 0.717) is 11.5 Å². The summed E-state index contributed by atoms with van der Waals surface area (Å²) in [6.45, 7) is 8.21. The number of ketones is 1. The van der Waals surface area contributed by atoms with E-state index in [2.05, 4.69) is 48.2 Å². The Morgan fingerprint density at radius 2 is 2.00 bits per heavy atom. The highest BCUT2D eigenvalue weighted by Crippen LogP contribution is 2.49. The zero-order chi connectivity index (χ0) is 19.7. The maximum absolute atomic E-state index is 13.1. The molecule has 1 saturated carbocycles. The monoisotopic (exact) mass is 478 g/mol. The molecule has 0 radical (unpaired) electrons. The van der Waals surface area contributed by atoms with Gasteiger partial charge >= 0.3 is 5.97 Å². The largest absolute Gasteiger partial charge is 0.466 e. The summed E-state index contributed by atoms with van der Waals surface area (Å²) < 4.78 is 6.10. The van der Waals surface area contributed by atoms with E-state index in [0.717, 1.165) is 31.3 Å². The second-order valence-corrected chi connectivity index (χ2v) is 9.08. The number of methoxy groups -OCH3 is 1. The van der Waals surface area contributed by atoms with E-state index in [4.69, 9.17) is 4.74 Å². The summed E-state index contributed by atoms with van der Waals surface area (Å²) in [5, 5.41) is 0. The van der Waals surface area contributed by atoms with Crippen LogP contribution < -0.4 is 0 Å². The Bertz CT molecular complexity index is 808. The number of allylic oxidation sites excluding steroid dienone is 2. The van der Waals surface area contributed by atoms with Crippen LogP contribution in [0.5, 0.6) is 0 Å². The normalized spacial score (nSPS) is 27.9. The fourth-order valence-electron chi connectivity index (χ4n) is 4.85. The fraction of sp³-hybridized carbons (Fsp3) is 0.478. The van der Waals surface area contributed by atoms with Gasteiger partial charge in [0, 0.05) is 15.1 Å². The molecule has 27 heavy (non-hydrogen) atoms. The first-order valence-corrected chi connectivity index (χ1v) is 10.7. The van der Waals surface area contributed by atoms with Crippen LogP contribution in [0.15, 0.2) is 47.6 Å². The van der Waals surface area contributed by atoms with Gasteiger partial charge in [-0.05, 0) is 90.2 Å². The lowest BCUT2D eigenvalue weighted by Crippen LogP contribution is -2.25. The number of rotatable bonds is 4. The van der Waals surface area contributed by atoms with Crippen molar-refractivity contribution in [2.45, 2.75) is 39.5 Å². The number of carbonyl (C=O) groups excluding carboxylic acids is 2. The number of hydrogen-bond donors (Lipinski definition) is 0. The van der Waals surface area contributed by atoms with Gasteiger partial charge in [-0.1, -0.05) is 37.3 Å². The average Bonchev–Trinajstić information content (AvgIpc) is 2.80. The molecule has 1 fully saturated rings. The first-order chi connectivity index (χ1) is 12.8. The zero-order valence-corrected chi connectivity index (χ0v) is 18.4. The molecule has 2 aliphatic carbocycles. The van der Waals surface area contributed by atoms with E-state index in [1.165, 1.54) is 21.8 Å². The predicted molar refractivity (Wildman–Crippen MR) is 115 cm³/mol. The van der Waals surface area contributed by atoms with E-state index in [1.807, 2.05) is 19.1 Å². The molecule has 0 N–H and O–H groups in total. The van der Waals surface area contributed by atoms with Crippen molar-refractivity contribution in [3.05, 3.63) is 56.7 Å².